The van der Waals surface area contributed by atoms with Crippen molar-refractivity contribution in [3.05, 3.63) is 35.9 Å². The molecule has 0 aliphatic heterocycles. The van der Waals surface area contributed by atoms with E-state index in [1.54, 1.807) is 11.8 Å². The molecule has 10 heteroatoms. The Morgan fingerprint density at radius 3 is 2.63 bits per heavy atom. The molecule has 0 unspecified atom stereocenters. The SMILES string of the molecule is CC[C@H](Sc1nnc(N)s1)C(=O)N[C@H](CSCc1ccccc1)C(=O)OC. The van der Waals surface area contributed by atoms with Gasteiger partial charge in [-0.05, 0) is 12.0 Å². The number of carbonyl (C=O) groups is 2. The summed E-state index contributed by atoms with van der Waals surface area (Å²) in [4.78, 5) is 24.7. The summed E-state index contributed by atoms with van der Waals surface area (Å²) in [6.07, 6.45) is 0.584. The minimum atomic E-state index is -0.703. The number of nitrogens with zero attached hydrogens (tertiary/aromatic N) is 2. The van der Waals surface area contributed by atoms with Crippen LogP contribution in [-0.4, -0.2) is 46.2 Å². The van der Waals surface area contributed by atoms with E-state index in [1.165, 1.54) is 30.2 Å². The van der Waals surface area contributed by atoms with Crippen molar-refractivity contribution in [2.45, 2.75) is 34.7 Å². The van der Waals surface area contributed by atoms with Crippen LogP contribution >= 0.6 is 34.9 Å². The fourth-order valence-corrected chi connectivity index (χ4v) is 4.97. The summed E-state index contributed by atoms with van der Waals surface area (Å²) in [5.74, 6) is 0.497. The summed E-state index contributed by atoms with van der Waals surface area (Å²) in [6.45, 7) is 1.90. The van der Waals surface area contributed by atoms with Crippen LogP contribution in [0.25, 0.3) is 0 Å². The molecule has 1 aromatic heterocycles. The van der Waals surface area contributed by atoms with Gasteiger partial charge in [0.2, 0.25) is 11.0 Å². The Hall–Kier alpha value is -1.78. The predicted octanol–water partition coefficient (Wildman–Crippen LogP) is 2.58. The molecule has 0 saturated heterocycles. The minimum absolute atomic E-state index is 0.230. The van der Waals surface area contributed by atoms with E-state index in [0.29, 0.717) is 21.6 Å². The molecule has 0 radical (unpaired) electrons. The molecule has 2 rings (SSSR count). The molecule has 27 heavy (non-hydrogen) atoms. The van der Waals surface area contributed by atoms with E-state index in [0.717, 1.165) is 11.3 Å². The summed E-state index contributed by atoms with van der Waals surface area (Å²) in [7, 11) is 1.32. The second kappa shape index (κ2) is 11.2. The number of hydrogen-bond acceptors (Lipinski definition) is 9. The number of esters is 1. The van der Waals surface area contributed by atoms with Gasteiger partial charge in [0.15, 0.2) is 4.34 Å². The van der Waals surface area contributed by atoms with Crippen molar-refractivity contribution in [3.63, 3.8) is 0 Å². The number of amides is 1. The first-order valence-corrected chi connectivity index (χ1v) is 11.1. The number of nitrogens with two attached hydrogens (primary N) is 1. The molecule has 146 valence electrons. The molecule has 1 heterocycles. The van der Waals surface area contributed by atoms with Crippen molar-refractivity contribution in [2.24, 2.45) is 0 Å². The van der Waals surface area contributed by atoms with Crippen molar-refractivity contribution in [1.29, 1.82) is 0 Å². The molecule has 7 nitrogen and oxygen atoms in total. The maximum absolute atomic E-state index is 12.6. The number of thioether (sulfide) groups is 2. The van der Waals surface area contributed by atoms with Gasteiger partial charge in [-0.15, -0.1) is 10.2 Å². The van der Waals surface area contributed by atoms with Crippen LogP contribution in [0.4, 0.5) is 5.13 Å². The number of anilines is 1. The maximum atomic E-state index is 12.6. The third kappa shape index (κ3) is 7.04. The maximum Gasteiger partial charge on any atom is 0.329 e. The number of ether oxygens (including phenoxy) is 1. The zero-order chi connectivity index (χ0) is 19.6. The highest BCUT2D eigenvalue weighted by Crippen LogP contribution is 2.29. The van der Waals surface area contributed by atoms with E-state index in [2.05, 4.69) is 15.5 Å². The van der Waals surface area contributed by atoms with Crippen molar-refractivity contribution in [1.82, 2.24) is 15.5 Å². The molecule has 0 bridgehead atoms. The summed E-state index contributed by atoms with van der Waals surface area (Å²) < 4.78 is 5.47. The van der Waals surface area contributed by atoms with E-state index >= 15 is 0 Å². The second-order valence-electron chi connectivity index (χ2n) is 5.51. The molecular weight excluding hydrogens is 404 g/mol. The molecule has 1 amide bonds. The van der Waals surface area contributed by atoms with Crippen LogP contribution in [0.15, 0.2) is 34.7 Å². The quantitative estimate of drug-likeness (QED) is 0.441. The largest absolute Gasteiger partial charge is 0.467 e. The zero-order valence-electron chi connectivity index (χ0n) is 15.1. The molecule has 3 N–H and O–H groups in total. The van der Waals surface area contributed by atoms with Crippen LogP contribution in [0.3, 0.4) is 0 Å². The Balaban J connectivity index is 1.92. The van der Waals surface area contributed by atoms with Gasteiger partial charge >= 0.3 is 5.97 Å². The lowest BCUT2D eigenvalue weighted by Gasteiger charge is -2.19. The number of aromatic nitrogens is 2. The Morgan fingerprint density at radius 2 is 2.04 bits per heavy atom. The number of carbonyl (C=O) groups excluding carboxylic acids is 2. The van der Waals surface area contributed by atoms with Gasteiger partial charge in [0.25, 0.3) is 0 Å². The first kappa shape index (κ1) is 21.5. The third-order valence-corrected chi connectivity index (χ3v) is 6.83. The summed E-state index contributed by atoms with van der Waals surface area (Å²) >= 11 is 4.09. The van der Waals surface area contributed by atoms with Crippen LogP contribution in [0.2, 0.25) is 0 Å². The minimum Gasteiger partial charge on any atom is -0.467 e. The predicted molar refractivity (Wildman–Crippen MR) is 111 cm³/mol. The van der Waals surface area contributed by atoms with Crippen molar-refractivity contribution in [3.8, 4) is 0 Å². The van der Waals surface area contributed by atoms with Crippen molar-refractivity contribution < 1.29 is 14.3 Å². The van der Waals surface area contributed by atoms with Crippen LogP contribution in [0.1, 0.15) is 18.9 Å². The first-order valence-electron chi connectivity index (χ1n) is 8.29. The number of nitrogens with one attached hydrogen (secondary N) is 1. The Morgan fingerprint density at radius 1 is 1.30 bits per heavy atom. The third-order valence-electron chi connectivity index (χ3n) is 3.53. The lowest BCUT2D eigenvalue weighted by atomic mass is 10.2. The van der Waals surface area contributed by atoms with Gasteiger partial charge in [0, 0.05) is 11.5 Å². The van der Waals surface area contributed by atoms with Gasteiger partial charge in [-0.1, -0.05) is 60.4 Å². The van der Waals surface area contributed by atoms with Crippen LogP contribution < -0.4 is 11.1 Å². The molecule has 0 aliphatic rings. The average molecular weight is 427 g/mol. The number of benzene rings is 1. The standard InChI is InChI=1S/C17H22N4O3S3/c1-3-13(26-17-21-20-16(18)27-17)14(22)19-12(15(23)24-2)10-25-9-11-7-5-4-6-8-11/h4-8,12-13H,3,9-10H2,1-2H3,(H2,18,20)(H,19,22)/t12-,13+/m1/s1. The number of methoxy groups -OCH3 is 1. The lowest BCUT2D eigenvalue weighted by Crippen LogP contribution is -2.46. The van der Waals surface area contributed by atoms with Gasteiger partial charge in [-0.25, -0.2) is 4.79 Å². The topological polar surface area (TPSA) is 107 Å². The molecule has 0 fully saturated rings. The van der Waals surface area contributed by atoms with E-state index in [9.17, 15) is 9.59 Å². The van der Waals surface area contributed by atoms with Crippen LogP contribution in [0, 0.1) is 0 Å². The van der Waals surface area contributed by atoms with E-state index in [1.807, 2.05) is 37.3 Å². The molecule has 0 spiro atoms. The smallest absolute Gasteiger partial charge is 0.329 e. The van der Waals surface area contributed by atoms with E-state index in [4.69, 9.17) is 10.5 Å². The van der Waals surface area contributed by atoms with Crippen molar-refractivity contribution >= 4 is 51.9 Å². The second-order valence-corrected chi connectivity index (χ2v) is 9.00. The van der Waals surface area contributed by atoms with E-state index in [-0.39, 0.29) is 11.2 Å². The molecule has 0 aliphatic carbocycles. The lowest BCUT2D eigenvalue weighted by molar-refractivity contribution is -0.144. The molecule has 1 aromatic carbocycles. The van der Waals surface area contributed by atoms with Gasteiger partial charge in [-0.3, -0.25) is 4.79 Å². The van der Waals surface area contributed by atoms with Gasteiger partial charge < -0.3 is 15.8 Å². The Bertz CT molecular complexity index is 742. The molecule has 0 saturated carbocycles. The molecule has 2 aromatic rings. The fraction of sp³-hybridized carbons (Fsp3) is 0.412. The fourth-order valence-electron chi connectivity index (χ4n) is 2.16. The van der Waals surface area contributed by atoms with Crippen LogP contribution in [0.5, 0.6) is 0 Å². The first-order chi connectivity index (χ1) is 13.0. The van der Waals surface area contributed by atoms with Crippen LogP contribution in [-0.2, 0) is 20.1 Å². The zero-order valence-corrected chi connectivity index (χ0v) is 17.5. The summed E-state index contributed by atoms with van der Waals surface area (Å²) in [5.41, 5.74) is 6.74. The number of nitrogen functional groups attached to an aromatic ring is 1. The molecular formula is C17H22N4O3S3. The van der Waals surface area contributed by atoms with Crippen molar-refractivity contribution in [2.75, 3.05) is 18.6 Å². The highest BCUT2D eigenvalue weighted by Gasteiger charge is 2.26. The highest BCUT2D eigenvalue weighted by molar-refractivity contribution is 8.02. The normalized spacial score (nSPS) is 13.0. The van der Waals surface area contributed by atoms with Gasteiger partial charge in [-0.2, -0.15) is 11.8 Å². The summed E-state index contributed by atoms with van der Waals surface area (Å²) in [5, 5.41) is 10.5. The number of hydrogen-bond donors (Lipinski definition) is 2. The average Bonchev–Trinajstić information content (AvgIpc) is 3.10. The Kier molecular flexibility index (Phi) is 8.89. The highest BCUT2D eigenvalue weighted by atomic mass is 32.2. The van der Waals surface area contributed by atoms with E-state index < -0.39 is 12.0 Å². The Labute approximate surface area is 170 Å². The van der Waals surface area contributed by atoms with Gasteiger partial charge in [0.1, 0.15) is 6.04 Å². The molecule has 2 atom stereocenters. The monoisotopic (exact) mass is 426 g/mol. The number of rotatable bonds is 10. The summed E-state index contributed by atoms with van der Waals surface area (Å²) in [6, 6.07) is 9.24. The van der Waals surface area contributed by atoms with Gasteiger partial charge in [0.05, 0.1) is 12.4 Å².